The van der Waals surface area contributed by atoms with Gasteiger partial charge in [-0.05, 0) is 24.8 Å². The third kappa shape index (κ3) is 2.81. The SMILES string of the molecule is CC1CCCCC1OCc1oc2ccccc2c1C(=O)O. The molecule has 0 amide bonds. The summed E-state index contributed by atoms with van der Waals surface area (Å²) in [5.74, 6) is -0.0203. The molecule has 2 atom stereocenters. The molecule has 0 spiro atoms. The Labute approximate surface area is 123 Å². The van der Waals surface area contributed by atoms with Crippen LogP contribution in [0.25, 0.3) is 11.0 Å². The fraction of sp³-hybridized carbons (Fsp3) is 0.471. The maximum absolute atomic E-state index is 11.5. The van der Waals surface area contributed by atoms with Crippen molar-refractivity contribution in [2.45, 2.75) is 45.3 Å². The first-order chi connectivity index (χ1) is 10.2. The predicted molar refractivity (Wildman–Crippen MR) is 79.4 cm³/mol. The Balaban J connectivity index is 1.83. The van der Waals surface area contributed by atoms with Crippen LogP contribution in [0, 0.1) is 5.92 Å². The summed E-state index contributed by atoms with van der Waals surface area (Å²) in [6.45, 7) is 2.42. The van der Waals surface area contributed by atoms with Crippen molar-refractivity contribution < 1.29 is 19.1 Å². The predicted octanol–water partition coefficient (Wildman–Crippen LogP) is 4.23. The average Bonchev–Trinajstić information content (AvgIpc) is 2.85. The molecule has 1 N–H and O–H groups in total. The maximum Gasteiger partial charge on any atom is 0.340 e. The van der Waals surface area contributed by atoms with Gasteiger partial charge in [-0.1, -0.05) is 38.0 Å². The summed E-state index contributed by atoms with van der Waals surface area (Å²) in [5, 5.41) is 10.1. The lowest BCUT2D eigenvalue weighted by Gasteiger charge is -2.28. The van der Waals surface area contributed by atoms with E-state index in [1.807, 2.05) is 12.1 Å². The average molecular weight is 288 g/mol. The van der Waals surface area contributed by atoms with Crippen LogP contribution >= 0.6 is 0 Å². The van der Waals surface area contributed by atoms with Crippen LogP contribution in [-0.2, 0) is 11.3 Å². The number of carbonyl (C=O) groups is 1. The van der Waals surface area contributed by atoms with Gasteiger partial charge < -0.3 is 14.3 Å². The fourth-order valence-corrected chi connectivity index (χ4v) is 3.14. The third-order valence-electron chi connectivity index (χ3n) is 4.34. The van der Waals surface area contributed by atoms with Crippen LogP contribution in [0.1, 0.15) is 48.7 Å². The second-order valence-electron chi connectivity index (χ2n) is 5.81. The molecule has 1 aromatic heterocycles. The number of benzene rings is 1. The first-order valence-corrected chi connectivity index (χ1v) is 7.52. The van der Waals surface area contributed by atoms with Crippen LogP contribution in [0.2, 0.25) is 0 Å². The zero-order valence-electron chi connectivity index (χ0n) is 12.2. The maximum atomic E-state index is 11.5. The lowest BCUT2D eigenvalue weighted by atomic mass is 9.88. The molecular weight excluding hydrogens is 268 g/mol. The number of carboxylic acids is 1. The number of fused-ring (bicyclic) bond motifs is 1. The van der Waals surface area contributed by atoms with E-state index in [1.54, 1.807) is 12.1 Å². The highest BCUT2D eigenvalue weighted by atomic mass is 16.5. The van der Waals surface area contributed by atoms with Gasteiger partial charge in [-0.15, -0.1) is 0 Å². The zero-order chi connectivity index (χ0) is 14.8. The summed E-state index contributed by atoms with van der Waals surface area (Å²) < 4.78 is 11.6. The summed E-state index contributed by atoms with van der Waals surface area (Å²) in [5.41, 5.74) is 0.833. The van der Waals surface area contributed by atoms with Crippen molar-refractivity contribution >= 4 is 16.9 Å². The monoisotopic (exact) mass is 288 g/mol. The number of carboxylic acid groups (broad SMARTS) is 1. The van der Waals surface area contributed by atoms with Gasteiger partial charge in [0.25, 0.3) is 0 Å². The van der Waals surface area contributed by atoms with Gasteiger partial charge in [0.05, 0.1) is 6.10 Å². The molecule has 0 bridgehead atoms. The number of furan rings is 1. The number of rotatable bonds is 4. The molecule has 2 aromatic rings. The minimum atomic E-state index is -0.963. The number of ether oxygens (including phenoxy) is 1. The van der Waals surface area contributed by atoms with Crippen molar-refractivity contribution in [1.29, 1.82) is 0 Å². The summed E-state index contributed by atoms with van der Waals surface area (Å²) >= 11 is 0. The quantitative estimate of drug-likeness (QED) is 0.914. The van der Waals surface area contributed by atoms with E-state index in [0.717, 1.165) is 6.42 Å². The van der Waals surface area contributed by atoms with E-state index in [-0.39, 0.29) is 18.3 Å². The van der Waals surface area contributed by atoms with E-state index in [4.69, 9.17) is 9.15 Å². The Morgan fingerprint density at radius 1 is 1.33 bits per heavy atom. The van der Waals surface area contributed by atoms with Crippen LogP contribution in [-0.4, -0.2) is 17.2 Å². The highest BCUT2D eigenvalue weighted by Gasteiger charge is 2.25. The van der Waals surface area contributed by atoms with E-state index in [1.165, 1.54) is 19.3 Å². The molecule has 4 nitrogen and oxygen atoms in total. The van der Waals surface area contributed by atoms with Crippen molar-refractivity contribution in [1.82, 2.24) is 0 Å². The number of hydrogen-bond donors (Lipinski definition) is 1. The largest absolute Gasteiger partial charge is 0.478 e. The Kier molecular flexibility index (Phi) is 3.97. The Hall–Kier alpha value is -1.81. The highest BCUT2D eigenvalue weighted by molar-refractivity contribution is 6.03. The second-order valence-corrected chi connectivity index (χ2v) is 5.81. The molecule has 1 aliphatic carbocycles. The molecule has 3 rings (SSSR count). The van der Waals surface area contributed by atoms with Crippen LogP contribution in [0.5, 0.6) is 0 Å². The van der Waals surface area contributed by atoms with Gasteiger partial charge in [0, 0.05) is 5.39 Å². The normalized spacial score (nSPS) is 22.5. The van der Waals surface area contributed by atoms with Gasteiger partial charge in [0.15, 0.2) is 0 Å². The van der Waals surface area contributed by atoms with E-state index in [0.29, 0.717) is 22.6 Å². The van der Waals surface area contributed by atoms with Gasteiger partial charge in [-0.3, -0.25) is 0 Å². The molecule has 1 heterocycles. The second kappa shape index (κ2) is 5.90. The minimum Gasteiger partial charge on any atom is -0.478 e. The topological polar surface area (TPSA) is 59.7 Å². The molecule has 1 saturated carbocycles. The molecule has 2 unspecified atom stereocenters. The fourth-order valence-electron chi connectivity index (χ4n) is 3.14. The van der Waals surface area contributed by atoms with E-state index < -0.39 is 5.97 Å². The molecule has 1 aromatic carbocycles. The van der Waals surface area contributed by atoms with Crippen LogP contribution in [0.3, 0.4) is 0 Å². The van der Waals surface area contributed by atoms with E-state index >= 15 is 0 Å². The Bertz CT molecular complexity index is 643. The van der Waals surface area contributed by atoms with Crippen molar-refractivity contribution in [3.63, 3.8) is 0 Å². The van der Waals surface area contributed by atoms with Gasteiger partial charge in [0.2, 0.25) is 0 Å². The van der Waals surface area contributed by atoms with Gasteiger partial charge >= 0.3 is 5.97 Å². The molecular formula is C17H20O4. The highest BCUT2D eigenvalue weighted by Crippen LogP contribution is 2.30. The Morgan fingerprint density at radius 3 is 2.86 bits per heavy atom. The van der Waals surface area contributed by atoms with Gasteiger partial charge in [-0.25, -0.2) is 4.79 Å². The van der Waals surface area contributed by atoms with Crippen molar-refractivity contribution in [2.75, 3.05) is 0 Å². The van der Waals surface area contributed by atoms with Crippen molar-refractivity contribution in [3.05, 3.63) is 35.6 Å². The van der Waals surface area contributed by atoms with Crippen LogP contribution < -0.4 is 0 Å². The van der Waals surface area contributed by atoms with Crippen molar-refractivity contribution in [2.24, 2.45) is 5.92 Å². The lowest BCUT2D eigenvalue weighted by molar-refractivity contribution is -0.0219. The summed E-state index contributed by atoms with van der Waals surface area (Å²) in [4.78, 5) is 11.5. The number of aromatic carboxylic acids is 1. The molecule has 112 valence electrons. The zero-order valence-corrected chi connectivity index (χ0v) is 12.2. The molecule has 0 aliphatic heterocycles. The summed E-state index contributed by atoms with van der Waals surface area (Å²) in [6, 6.07) is 7.22. The van der Waals surface area contributed by atoms with Crippen LogP contribution in [0.4, 0.5) is 0 Å². The molecule has 0 radical (unpaired) electrons. The van der Waals surface area contributed by atoms with Gasteiger partial charge in [0.1, 0.15) is 23.5 Å². The molecule has 1 fully saturated rings. The smallest absolute Gasteiger partial charge is 0.340 e. The van der Waals surface area contributed by atoms with E-state index in [9.17, 15) is 9.90 Å². The number of hydrogen-bond acceptors (Lipinski definition) is 3. The molecule has 21 heavy (non-hydrogen) atoms. The van der Waals surface area contributed by atoms with Gasteiger partial charge in [-0.2, -0.15) is 0 Å². The molecule has 0 saturated heterocycles. The minimum absolute atomic E-state index is 0.202. The standard InChI is InChI=1S/C17H20O4/c1-11-6-2-4-8-13(11)20-10-15-16(17(18)19)12-7-3-5-9-14(12)21-15/h3,5,7,9,11,13H,2,4,6,8,10H2,1H3,(H,18,19). The molecule has 1 aliphatic rings. The van der Waals surface area contributed by atoms with Crippen LogP contribution in [0.15, 0.2) is 28.7 Å². The Morgan fingerprint density at radius 2 is 2.10 bits per heavy atom. The third-order valence-corrected chi connectivity index (χ3v) is 4.34. The lowest BCUT2D eigenvalue weighted by Crippen LogP contribution is -2.25. The van der Waals surface area contributed by atoms with Crippen molar-refractivity contribution in [3.8, 4) is 0 Å². The van der Waals surface area contributed by atoms with E-state index in [2.05, 4.69) is 6.92 Å². The first kappa shape index (κ1) is 14.1. The summed E-state index contributed by atoms with van der Waals surface area (Å²) in [7, 11) is 0. The summed E-state index contributed by atoms with van der Waals surface area (Å²) in [6.07, 6.45) is 4.86. The number of para-hydroxylation sites is 1. The molecule has 4 heteroatoms. The first-order valence-electron chi connectivity index (χ1n) is 7.52.